The molecule has 0 aliphatic carbocycles. The Morgan fingerprint density at radius 3 is 1.38 bits per heavy atom. The van der Waals surface area contributed by atoms with E-state index in [2.05, 4.69) is 9.97 Å². The number of benzene rings is 2. The van der Waals surface area contributed by atoms with E-state index in [1.54, 1.807) is 85.5 Å². The van der Waals surface area contributed by atoms with Crippen molar-refractivity contribution in [3.63, 3.8) is 0 Å². The van der Waals surface area contributed by atoms with Gasteiger partial charge in [0.1, 0.15) is 33.9 Å². The molecule has 4 aromatic rings. The van der Waals surface area contributed by atoms with Gasteiger partial charge in [-0.1, -0.05) is 59.6 Å². The number of nitrogens with zero attached hydrogens (tertiary/aromatic N) is 4. The standard InChI is InChI=1S/C26H20Cl2N4O2/c27-23-11-9-17(13-29-23)15-31-25(19-5-1-3-7-21(19)33)26(20-6-2-4-8-22(20)34)32-16-18-10-12-24(28)30-14-18/h1-16,25-26,33-34H/b31-15+,32-16+. The van der Waals surface area contributed by atoms with Crippen LogP contribution in [0.5, 0.6) is 11.5 Å². The van der Waals surface area contributed by atoms with Gasteiger partial charge in [0.2, 0.25) is 0 Å². The first-order valence-corrected chi connectivity index (χ1v) is 11.1. The number of hydrogen-bond donors (Lipinski definition) is 2. The molecule has 0 bridgehead atoms. The van der Waals surface area contributed by atoms with Crippen LogP contribution in [0.3, 0.4) is 0 Å². The molecule has 0 spiro atoms. The molecule has 6 nitrogen and oxygen atoms in total. The zero-order chi connectivity index (χ0) is 23.9. The Hall–Kier alpha value is -3.74. The third kappa shape index (κ3) is 5.78. The summed E-state index contributed by atoms with van der Waals surface area (Å²) in [5.74, 6) is 0.144. The van der Waals surface area contributed by atoms with Gasteiger partial charge in [-0.15, -0.1) is 0 Å². The van der Waals surface area contributed by atoms with Crippen LogP contribution in [0.2, 0.25) is 10.3 Å². The topological polar surface area (TPSA) is 91.0 Å². The van der Waals surface area contributed by atoms with Gasteiger partial charge in [0, 0.05) is 47.1 Å². The molecule has 0 fully saturated rings. The molecule has 2 heterocycles. The number of aromatic hydroxyl groups is 2. The van der Waals surface area contributed by atoms with Gasteiger partial charge < -0.3 is 10.2 Å². The molecule has 0 saturated carbocycles. The second-order valence-corrected chi connectivity index (χ2v) is 8.17. The van der Waals surface area contributed by atoms with E-state index >= 15 is 0 Å². The van der Waals surface area contributed by atoms with E-state index in [0.29, 0.717) is 21.4 Å². The summed E-state index contributed by atoms with van der Waals surface area (Å²) in [5.41, 5.74) is 2.57. The molecule has 0 saturated heterocycles. The van der Waals surface area contributed by atoms with Crippen LogP contribution in [-0.2, 0) is 0 Å². The van der Waals surface area contributed by atoms with E-state index in [1.165, 1.54) is 0 Å². The van der Waals surface area contributed by atoms with Crippen LogP contribution in [0.15, 0.2) is 95.2 Å². The minimum atomic E-state index is -0.665. The van der Waals surface area contributed by atoms with Gasteiger partial charge in [-0.3, -0.25) is 9.98 Å². The van der Waals surface area contributed by atoms with Crippen molar-refractivity contribution in [2.45, 2.75) is 12.1 Å². The van der Waals surface area contributed by atoms with Crippen molar-refractivity contribution in [1.82, 2.24) is 9.97 Å². The largest absolute Gasteiger partial charge is 0.508 e. The van der Waals surface area contributed by atoms with E-state index in [-0.39, 0.29) is 11.5 Å². The normalized spacial score (nSPS) is 13.4. The maximum absolute atomic E-state index is 10.7. The molecule has 0 radical (unpaired) electrons. The number of hydrogen-bond acceptors (Lipinski definition) is 6. The molecule has 2 aromatic carbocycles. The molecule has 170 valence electrons. The van der Waals surface area contributed by atoms with Gasteiger partial charge in [-0.2, -0.15) is 0 Å². The van der Waals surface area contributed by atoms with Gasteiger partial charge in [0.25, 0.3) is 0 Å². The zero-order valence-corrected chi connectivity index (χ0v) is 19.3. The highest BCUT2D eigenvalue weighted by atomic mass is 35.5. The van der Waals surface area contributed by atoms with Crippen molar-refractivity contribution in [3.8, 4) is 11.5 Å². The minimum absolute atomic E-state index is 0.0719. The van der Waals surface area contributed by atoms with Gasteiger partial charge >= 0.3 is 0 Å². The molecule has 4 rings (SSSR count). The summed E-state index contributed by atoms with van der Waals surface area (Å²) in [4.78, 5) is 17.7. The molecule has 2 atom stereocenters. The molecule has 2 N–H and O–H groups in total. The zero-order valence-electron chi connectivity index (χ0n) is 17.8. The molecule has 2 unspecified atom stereocenters. The Kier molecular flexibility index (Phi) is 7.52. The number of para-hydroxylation sites is 2. The summed E-state index contributed by atoms with van der Waals surface area (Å²) in [6.45, 7) is 0. The van der Waals surface area contributed by atoms with Crippen molar-refractivity contribution in [3.05, 3.63) is 118 Å². The lowest BCUT2D eigenvalue weighted by Gasteiger charge is -2.23. The smallest absolute Gasteiger partial charge is 0.129 e. The van der Waals surface area contributed by atoms with Crippen LogP contribution >= 0.6 is 23.2 Å². The van der Waals surface area contributed by atoms with Gasteiger partial charge in [0.05, 0.1) is 0 Å². The molecule has 34 heavy (non-hydrogen) atoms. The Bertz CT molecular complexity index is 1210. The number of phenolic OH excluding ortho intramolecular Hbond substituents is 2. The van der Waals surface area contributed by atoms with E-state index in [1.807, 2.05) is 12.1 Å². The monoisotopic (exact) mass is 490 g/mol. The number of halogens is 2. The lowest BCUT2D eigenvalue weighted by Crippen LogP contribution is -2.10. The summed E-state index contributed by atoms with van der Waals surface area (Å²) in [6.07, 6.45) is 6.50. The molecular weight excluding hydrogens is 471 g/mol. The Balaban J connectivity index is 1.82. The summed E-state index contributed by atoms with van der Waals surface area (Å²) < 4.78 is 0. The fourth-order valence-corrected chi connectivity index (χ4v) is 3.62. The first kappa shape index (κ1) is 23.4. The quantitative estimate of drug-likeness (QED) is 0.237. The third-order valence-corrected chi connectivity index (χ3v) is 5.53. The Morgan fingerprint density at radius 2 is 1.03 bits per heavy atom. The van der Waals surface area contributed by atoms with Crippen molar-refractivity contribution in [1.29, 1.82) is 0 Å². The predicted molar refractivity (Wildman–Crippen MR) is 135 cm³/mol. The van der Waals surface area contributed by atoms with E-state index in [0.717, 1.165) is 11.1 Å². The van der Waals surface area contributed by atoms with Crippen LogP contribution in [0, 0.1) is 0 Å². The van der Waals surface area contributed by atoms with Crippen LogP contribution < -0.4 is 0 Å². The lowest BCUT2D eigenvalue weighted by molar-refractivity contribution is 0.438. The maximum Gasteiger partial charge on any atom is 0.129 e. The molecule has 8 heteroatoms. The van der Waals surface area contributed by atoms with E-state index < -0.39 is 12.1 Å². The van der Waals surface area contributed by atoms with Crippen LogP contribution in [0.25, 0.3) is 0 Å². The molecule has 2 aromatic heterocycles. The summed E-state index contributed by atoms with van der Waals surface area (Å²) >= 11 is 11.8. The van der Waals surface area contributed by atoms with Crippen LogP contribution in [0.1, 0.15) is 34.3 Å². The van der Waals surface area contributed by atoms with Crippen LogP contribution in [0.4, 0.5) is 0 Å². The summed E-state index contributed by atoms with van der Waals surface area (Å²) in [7, 11) is 0. The first-order chi connectivity index (χ1) is 16.5. The fourth-order valence-electron chi connectivity index (χ4n) is 3.40. The van der Waals surface area contributed by atoms with Crippen molar-refractivity contribution >= 4 is 35.6 Å². The number of rotatable bonds is 7. The summed E-state index contributed by atoms with van der Waals surface area (Å²) in [5, 5.41) is 22.1. The molecule has 0 aliphatic heterocycles. The highest BCUT2D eigenvalue weighted by Gasteiger charge is 2.27. The predicted octanol–water partition coefficient (Wildman–Crippen LogP) is 6.22. The van der Waals surface area contributed by atoms with Crippen LogP contribution in [-0.4, -0.2) is 32.6 Å². The van der Waals surface area contributed by atoms with E-state index in [4.69, 9.17) is 33.2 Å². The number of aromatic nitrogens is 2. The molecule has 0 aliphatic rings. The highest BCUT2D eigenvalue weighted by Crippen LogP contribution is 2.41. The second kappa shape index (κ2) is 10.9. The maximum atomic E-state index is 10.7. The molecule has 0 amide bonds. The average molecular weight is 491 g/mol. The third-order valence-electron chi connectivity index (χ3n) is 5.08. The Morgan fingerprint density at radius 1 is 0.618 bits per heavy atom. The van der Waals surface area contributed by atoms with Gasteiger partial charge in [-0.05, 0) is 36.4 Å². The van der Waals surface area contributed by atoms with Crippen molar-refractivity contribution in [2.24, 2.45) is 9.98 Å². The Labute approximate surface area is 206 Å². The number of aliphatic imine (C=N–C) groups is 2. The average Bonchev–Trinajstić information content (AvgIpc) is 2.84. The van der Waals surface area contributed by atoms with Gasteiger partial charge in [0.15, 0.2) is 0 Å². The second-order valence-electron chi connectivity index (χ2n) is 7.39. The summed E-state index contributed by atoms with van der Waals surface area (Å²) in [6, 6.07) is 19.4. The molecular formula is C26H20Cl2N4O2. The highest BCUT2D eigenvalue weighted by molar-refractivity contribution is 6.29. The van der Waals surface area contributed by atoms with Crippen molar-refractivity contribution in [2.75, 3.05) is 0 Å². The SMILES string of the molecule is Oc1ccccc1C(/N=C/c1ccc(Cl)nc1)C(/N=C/c1ccc(Cl)nc1)c1ccccc1O. The first-order valence-electron chi connectivity index (χ1n) is 10.4. The number of phenols is 2. The van der Waals surface area contributed by atoms with Crippen molar-refractivity contribution < 1.29 is 10.2 Å². The lowest BCUT2D eigenvalue weighted by atomic mass is 9.92. The number of pyridine rings is 2. The minimum Gasteiger partial charge on any atom is -0.508 e. The van der Waals surface area contributed by atoms with E-state index in [9.17, 15) is 10.2 Å². The fraction of sp³-hybridized carbons (Fsp3) is 0.0769. The van der Waals surface area contributed by atoms with Gasteiger partial charge in [-0.25, -0.2) is 9.97 Å².